The fraction of sp³-hybridized carbons (Fsp3) is 0.714. The van der Waals surface area contributed by atoms with Crippen LogP contribution in [0.5, 0.6) is 0 Å². The highest BCUT2D eigenvalue weighted by atomic mass is 19.4. The van der Waals surface area contributed by atoms with E-state index in [-0.39, 0.29) is 26.2 Å². The van der Waals surface area contributed by atoms with Crippen LogP contribution in [-0.4, -0.2) is 59.3 Å². The molecule has 1 N–H and O–H groups in total. The Morgan fingerprint density at radius 2 is 1.40 bits per heavy atom. The van der Waals surface area contributed by atoms with Crippen LogP contribution in [0.15, 0.2) is 0 Å². The zero-order chi connectivity index (χ0) is 11.6. The highest BCUT2D eigenvalue weighted by molar-refractivity contribution is 5.82. The Hall–Kier alpha value is -1.47. The molecule has 0 aliphatic carbocycles. The molecule has 0 bridgehead atoms. The average molecular weight is 226 g/mol. The van der Waals surface area contributed by atoms with Crippen LogP contribution >= 0.6 is 0 Å². The Labute approximate surface area is 83.1 Å². The van der Waals surface area contributed by atoms with Crippen molar-refractivity contribution in [3.8, 4) is 0 Å². The Balaban J connectivity index is 2.51. The van der Waals surface area contributed by atoms with Gasteiger partial charge >= 0.3 is 18.2 Å². The summed E-state index contributed by atoms with van der Waals surface area (Å²) < 4.78 is 35.9. The van der Waals surface area contributed by atoms with Gasteiger partial charge in [-0.25, -0.2) is 4.79 Å². The Morgan fingerprint density at radius 3 is 1.73 bits per heavy atom. The number of amides is 2. The molecular weight excluding hydrogens is 217 g/mol. The summed E-state index contributed by atoms with van der Waals surface area (Å²) in [4.78, 5) is 22.7. The van der Waals surface area contributed by atoms with Gasteiger partial charge in [-0.1, -0.05) is 0 Å². The molecule has 1 aliphatic rings. The lowest BCUT2D eigenvalue weighted by molar-refractivity contribution is -0.186. The van der Waals surface area contributed by atoms with E-state index < -0.39 is 18.2 Å². The standard InChI is InChI=1S/C7H9F3N2O3/c8-7(9,10)5(13)11-1-3-12(4-2-11)6(14)15/h1-4H2,(H,14,15). The quantitative estimate of drug-likeness (QED) is 0.649. The van der Waals surface area contributed by atoms with Gasteiger partial charge in [-0.2, -0.15) is 13.2 Å². The lowest BCUT2D eigenvalue weighted by Crippen LogP contribution is -2.53. The molecule has 1 saturated heterocycles. The highest BCUT2D eigenvalue weighted by Crippen LogP contribution is 2.19. The first-order valence-electron chi connectivity index (χ1n) is 4.16. The summed E-state index contributed by atoms with van der Waals surface area (Å²) in [5.41, 5.74) is 0. The van der Waals surface area contributed by atoms with Crippen LogP contribution in [0, 0.1) is 0 Å². The third kappa shape index (κ3) is 2.74. The highest BCUT2D eigenvalue weighted by Gasteiger charge is 2.43. The van der Waals surface area contributed by atoms with Crippen molar-refractivity contribution in [3.63, 3.8) is 0 Å². The predicted molar refractivity (Wildman–Crippen MR) is 42.2 cm³/mol. The van der Waals surface area contributed by atoms with Gasteiger partial charge in [0.2, 0.25) is 0 Å². The van der Waals surface area contributed by atoms with Crippen molar-refractivity contribution >= 4 is 12.0 Å². The maximum atomic E-state index is 12.0. The Morgan fingerprint density at radius 1 is 1.00 bits per heavy atom. The minimum Gasteiger partial charge on any atom is -0.465 e. The largest absolute Gasteiger partial charge is 0.471 e. The molecule has 5 nitrogen and oxygen atoms in total. The van der Waals surface area contributed by atoms with E-state index in [0.29, 0.717) is 4.90 Å². The van der Waals surface area contributed by atoms with Crippen LogP contribution in [0.1, 0.15) is 0 Å². The van der Waals surface area contributed by atoms with E-state index >= 15 is 0 Å². The second-order valence-electron chi connectivity index (χ2n) is 3.06. The molecular formula is C7H9F3N2O3. The normalized spacial score (nSPS) is 17.8. The number of carbonyl (C=O) groups excluding carboxylic acids is 1. The smallest absolute Gasteiger partial charge is 0.465 e. The van der Waals surface area contributed by atoms with E-state index in [9.17, 15) is 22.8 Å². The van der Waals surface area contributed by atoms with E-state index in [0.717, 1.165) is 4.90 Å². The first-order chi connectivity index (χ1) is 6.82. The molecule has 0 aromatic heterocycles. The number of rotatable bonds is 0. The van der Waals surface area contributed by atoms with Gasteiger partial charge in [0.25, 0.3) is 0 Å². The fourth-order valence-corrected chi connectivity index (χ4v) is 1.28. The van der Waals surface area contributed by atoms with Gasteiger partial charge in [0.15, 0.2) is 0 Å². The summed E-state index contributed by atoms with van der Waals surface area (Å²) in [6, 6.07) is 0. The summed E-state index contributed by atoms with van der Waals surface area (Å²) in [7, 11) is 0. The van der Waals surface area contributed by atoms with E-state index in [4.69, 9.17) is 5.11 Å². The van der Waals surface area contributed by atoms with Crippen molar-refractivity contribution in [2.75, 3.05) is 26.2 Å². The van der Waals surface area contributed by atoms with Crippen molar-refractivity contribution in [1.82, 2.24) is 9.80 Å². The van der Waals surface area contributed by atoms with E-state index in [1.165, 1.54) is 0 Å². The predicted octanol–water partition coefficient (Wildman–Crippen LogP) is 0.371. The third-order valence-electron chi connectivity index (χ3n) is 2.08. The van der Waals surface area contributed by atoms with Crippen molar-refractivity contribution in [2.24, 2.45) is 0 Å². The number of carbonyl (C=O) groups is 2. The van der Waals surface area contributed by atoms with Gasteiger partial charge in [-0.15, -0.1) is 0 Å². The molecule has 15 heavy (non-hydrogen) atoms. The summed E-state index contributed by atoms with van der Waals surface area (Å²) >= 11 is 0. The summed E-state index contributed by atoms with van der Waals surface area (Å²) in [6.45, 7) is -0.608. The van der Waals surface area contributed by atoms with Gasteiger partial charge in [0, 0.05) is 26.2 Å². The molecule has 0 unspecified atom stereocenters. The lowest BCUT2D eigenvalue weighted by atomic mass is 10.3. The SMILES string of the molecule is O=C(O)N1CCN(C(=O)C(F)(F)F)CC1. The molecule has 0 saturated carbocycles. The van der Waals surface area contributed by atoms with Crippen LogP contribution in [-0.2, 0) is 4.79 Å². The maximum absolute atomic E-state index is 12.0. The van der Waals surface area contributed by atoms with E-state index in [1.54, 1.807) is 0 Å². The maximum Gasteiger partial charge on any atom is 0.471 e. The summed E-state index contributed by atoms with van der Waals surface area (Å²) in [6.07, 6.45) is -6.07. The van der Waals surface area contributed by atoms with Crippen LogP contribution in [0.2, 0.25) is 0 Å². The number of hydrogen-bond donors (Lipinski definition) is 1. The molecule has 1 fully saturated rings. The van der Waals surface area contributed by atoms with E-state index in [2.05, 4.69) is 0 Å². The third-order valence-corrected chi connectivity index (χ3v) is 2.08. The van der Waals surface area contributed by atoms with Crippen molar-refractivity contribution in [3.05, 3.63) is 0 Å². The molecule has 1 heterocycles. The molecule has 0 radical (unpaired) electrons. The molecule has 0 spiro atoms. The van der Waals surface area contributed by atoms with Crippen LogP contribution in [0.4, 0.5) is 18.0 Å². The number of piperazine rings is 1. The monoisotopic (exact) mass is 226 g/mol. The first kappa shape index (κ1) is 11.6. The topological polar surface area (TPSA) is 60.9 Å². The second kappa shape index (κ2) is 3.95. The minimum atomic E-state index is -4.88. The van der Waals surface area contributed by atoms with Crippen LogP contribution in [0.25, 0.3) is 0 Å². The molecule has 0 aromatic carbocycles. The number of halogens is 3. The van der Waals surface area contributed by atoms with Gasteiger partial charge in [0.05, 0.1) is 0 Å². The second-order valence-corrected chi connectivity index (χ2v) is 3.06. The Bertz CT molecular complexity index is 271. The molecule has 1 aliphatic heterocycles. The lowest BCUT2D eigenvalue weighted by Gasteiger charge is -2.33. The van der Waals surface area contributed by atoms with Crippen molar-refractivity contribution in [2.45, 2.75) is 6.18 Å². The number of hydrogen-bond acceptors (Lipinski definition) is 2. The Kier molecular flexibility index (Phi) is 3.06. The molecule has 1 rings (SSSR count). The number of alkyl halides is 3. The molecule has 0 atom stereocenters. The fourth-order valence-electron chi connectivity index (χ4n) is 1.28. The van der Waals surface area contributed by atoms with Crippen LogP contribution in [0.3, 0.4) is 0 Å². The van der Waals surface area contributed by atoms with E-state index in [1.807, 2.05) is 0 Å². The van der Waals surface area contributed by atoms with Gasteiger partial charge in [-0.05, 0) is 0 Å². The first-order valence-corrected chi connectivity index (χ1v) is 4.16. The molecule has 2 amide bonds. The summed E-state index contributed by atoms with van der Waals surface area (Å²) in [5.74, 6) is -1.91. The minimum absolute atomic E-state index is 0.0862. The molecule has 86 valence electrons. The average Bonchev–Trinajstić information content (AvgIpc) is 2.15. The van der Waals surface area contributed by atoms with Gasteiger partial charge < -0.3 is 14.9 Å². The van der Waals surface area contributed by atoms with Crippen molar-refractivity contribution in [1.29, 1.82) is 0 Å². The molecule has 0 aromatic rings. The van der Waals surface area contributed by atoms with Gasteiger partial charge in [-0.3, -0.25) is 4.79 Å². The zero-order valence-electron chi connectivity index (χ0n) is 7.62. The number of carboxylic acid groups (broad SMARTS) is 1. The van der Waals surface area contributed by atoms with Gasteiger partial charge in [0.1, 0.15) is 0 Å². The summed E-state index contributed by atoms with van der Waals surface area (Å²) in [5, 5.41) is 8.52. The van der Waals surface area contributed by atoms with Crippen molar-refractivity contribution < 1.29 is 27.9 Å². The molecule has 8 heteroatoms. The number of nitrogens with zero attached hydrogens (tertiary/aromatic N) is 2. The zero-order valence-corrected chi connectivity index (χ0v) is 7.62. The van der Waals surface area contributed by atoms with Crippen LogP contribution < -0.4 is 0 Å².